The van der Waals surface area contributed by atoms with Gasteiger partial charge in [-0.15, -0.1) is 10.2 Å². The van der Waals surface area contributed by atoms with Crippen molar-refractivity contribution in [2.75, 3.05) is 12.4 Å². The largest absolute Gasteiger partial charge is 0.494 e. The van der Waals surface area contributed by atoms with Crippen molar-refractivity contribution >= 4 is 63.2 Å². The van der Waals surface area contributed by atoms with Crippen LogP contribution in [0.5, 0.6) is 5.75 Å². The summed E-state index contributed by atoms with van der Waals surface area (Å²) in [6.45, 7) is 4.03. The molecule has 4 aromatic rings. The fourth-order valence-electron chi connectivity index (χ4n) is 3.44. The van der Waals surface area contributed by atoms with Gasteiger partial charge in [-0.3, -0.25) is 10.1 Å². The third kappa shape index (κ3) is 4.99. The zero-order chi connectivity index (χ0) is 24.4. The highest BCUT2D eigenvalue weighted by Crippen LogP contribution is 2.32. The van der Waals surface area contributed by atoms with Gasteiger partial charge in [0.2, 0.25) is 0 Å². The first-order valence-corrected chi connectivity index (χ1v) is 11.6. The first kappa shape index (κ1) is 23.9. The minimum Gasteiger partial charge on any atom is -0.494 e. The highest BCUT2D eigenvalue weighted by atomic mass is 35.5. The molecule has 0 aliphatic heterocycles. The highest BCUT2D eigenvalue weighted by molar-refractivity contribution is 7.80. The summed E-state index contributed by atoms with van der Waals surface area (Å²) in [6, 6.07) is 14.8. The normalized spacial score (nSPS) is 10.9. The van der Waals surface area contributed by atoms with Gasteiger partial charge in [-0.1, -0.05) is 42.3 Å². The molecule has 0 saturated carbocycles. The highest BCUT2D eigenvalue weighted by Gasteiger charge is 2.18. The van der Waals surface area contributed by atoms with E-state index in [4.69, 9.17) is 40.2 Å². The van der Waals surface area contributed by atoms with Crippen molar-refractivity contribution in [3.63, 3.8) is 0 Å². The van der Waals surface area contributed by atoms with Gasteiger partial charge in [0.15, 0.2) is 5.11 Å². The van der Waals surface area contributed by atoms with Crippen molar-refractivity contribution in [1.29, 1.82) is 0 Å². The van der Waals surface area contributed by atoms with E-state index >= 15 is 0 Å². The summed E-state index contributed by atoms with van der Waals surface area (Å²) in [5, 5.41) is 15.5. The van der Waals surface area contributed by atoms with Gasteiger partial charge in [-0.25, -0.2) is 0 Å². The van der Waals surface area contributed by atoms with E-state index in [-0.39, 0.29) is 21.4 Å². The van der Waals surface area contributed by atoms with Gasteiger partial charge in [-0.05, 0) is 73.1 Å². The first-order valence-electron chi connectivity index (χ1n) is 10.4. The summed E-state index contributed by atoms with van der Waals surface area (Å²) in [6.07, 6.45) is 0.969. The number of halogens is 2. The van der Waals surface area contributed by atoms with Gasteiger partial charge < -0.3 is 10.1 Å². The van der Waals surface area contributed by atoms with Crippen LogP contribution in [-0.4, -0.2) is 33.1 Å². The van der Waals surface area contributed by atoms with E-state index in [1.165, 1.54) is 24.8 Å². The molecule has 0 aliphatic rings. The molecule has 0 atom stereocenters. The first-order chi connectivity index (χ1) is 16.3. The second-order valence-electron chi connectivity index (χ2n) is 7.54. The van der Waals surface area contributed by atoms with Crippen LogP contribution in [0.2, 0.25) is 10.0 Å². The second kappa shape index (κ2) is 9.97. The van der Waals surface area contributed by atoms with E-state index < -0.39 is 5.91 Å². The van der Waals surface area contributed by atoms with Crippen molar-refractivity contribution < 1.29 is 9.53 Å². The molecular formula is C24H21Cl2N5O2S. The van der Waals surface area contributed by atoms with Crippen LogP contribution in [0, 0.1) is 6.92 Å². The fraction of sp³-hybridized carbons (Fsp3) is 0.167. The Balaban J connectivity index is 1.54. The molecule has 34 heavy (non-hydrogen) atoms. The number of carbonyl (C=O) groups excluding carboxylic acids is 1. The minimum atomic E-state index is -0.501. The number of fused-ring (bicyclic) bond motifs is 1. The average Bonchev–Trinajstić information content (AvgIpc) is 3.21. The van der Waals surface area contributed by atoms with E-state index in [2.05, 4.69) is 39.9 Å². The Hall–Kier alpha value is -3.20. The van der Waals surface area contributed by atoms with Crippen LogP contribution in [-0.2, 0) is 6.42 Å². The lowest BCUT2D eigenvalue weighted by Crippen LogP contribution is -2.34. The van der Waals surface area contributed by atoms with Crippen molar-refractivity contribution in [3.8, 4) is 11.4 Å². The number of hydrogen-bond acceptors (Lipinski definition) is 5. The molecule has 174 valence electrons. The maximum atomic E-state index is 12.8. The molecule has 1 aromatic heterocycles. The fourth-order valence-corrected chi connectivity index (χ4v) is 4.22. The monoisotopic (exact) mass is 513 g/mol. The number of anilines is 1. The van der Waals surface area contributed by atoms with Crippen molar-refractivity contribution in [2.45, 2.75) is 20.3 Å². The Morgan fingerprint density at radius 1 is 1.09 bits per heavy atom. The van der Waals surface area contributed by atoms with E-state index in [1.807, 2.05) is 31.2 Å². The number of thiocarbonyl (C=S) groups is 1. The molecule has 0 fully saturated rings. The number of nitrogens with zero attached hydrogens (tertiary/aromatic N) is 3. The molecule has 0 radical (unpaired) electrons. The zero-order valence-corrected chi connectivity index (χ0v) is 21.0. The van der Waals surface area contributed by atoms with Crippen LogP contribution in [0.4, 0.5) is 5.69 Å². The van der Waals surface area contributed by atoms with Crippen LogP contribution in [0.1, 0.15) is 28.4 Å². The number of aryl methyl sites for hydroxylation is 2. The number of hydrogen-bond donors (Lipinski definition) is 2. The van der Waals surface area contributed by atoms with E-state index in [0.29, 0.717) is 16.2 Å². The van der Waals surface area contributed by atoms with Gasteiger partial charge in [0.1, 0.15) is 16.8 Å². The summed E-state index contributed by atoms with van der Waals surface area (Å²) < 4.78 is 5.24. The van der Waals surface area contributed by atoms with E-state index in [0.717, 1.165) is 23.2 Å². The number of aromatic nitrogens is 3. The molecular weight excluding hydrogens is 493 g/mol. The third-order valence-electron chi connectivity index (χ3n) is 5.23. The number of methoxy groups -OCH3 is 1. The van der Waals surface area contributed by atoms with Crippen LogP contribution < -0.4 is 15.4 Å². The number of rotatable bonds is 5. The standard InChI is InChI=1S/C24H21Cl2N5O2S/c1-4-14-5-7-16(8-6-14)31-29-20-9-13(2)19(12-21(20)30-31)27-24(34)28-23(32)17-10-15(25)11-18(26)22(17)33-3/h5-12H,4H2,1-3H3,(H2,27,28,32,34). The summed E-state index contributed by atoms with van der Waals surface area (Å²) in [5.74, 6) is -0.286. The molecule has 1 heterocycles. The SMILES string of the molecule is CCc1ccc(-n2nc3cc(C)c(NC(=S)NC(=O)c4cc(Cl)cc(Cl)c4OC)cc3n2)cc1. The van der Waals surface area contributed by atoms with Gasteiger partial charge in [-0.2, -0.15) is 4.80 Å². The van der Waals surface area contributed by atoms with Crippen molar-refractivity contribution in [3.05, 3.63) is 75.3 Å². The summed E-state index contributed by atoms with van der Waals surface area (Å²) in [4.78, 5) is 14.4. The van der Waals surface area contributed by atoms with Crippen molar-refractivity contribution in [1.82, 2.24) is 20.3 Å². The van der Waals surface area contributed by atoms with Gasteiger partial charge in [0.25, 0.3) is 5.91 Å². The van der Waals surface area contributed by atoms with Gasteiger partial charge in [0.05, 0.1) is 23.4 Å². The van der Waals surface area contributed by atoms with Crippen molar-refractivity contribution in [2.24, 2.45) is 0 Å². The number of amides is 1. The molecule has 0 unspecified atom stereocenters. The topological polar surface area (TPSA) is 81.1 Å². The smallest absolute Gasteiger partial charge is 0.261 e. The Bertz CT molecular complexity index is 1400. The van der Waals surface area contributed by atoms with E-state index in [9.17, 15) is 4.79 Å². The molecule has 2 N–H and O–H groups in total. The molecule has 7 nitrogen and oxygen atoms in total. The van der Waals surface area contributed by atoms with Crippen LogP contribution in [0.15, 0.2) is 48.5 Å². The van der Waals surface area contributed by atoms with Crippen LogP contribution in [0.3, 0.4) is 0 Å². The Labute approximate surface area is 212 Å². The third-order valence-corrected chi connectivity index (χ3v) is 5.94. The zero-order valence-electron chi connectivity index (χ0n) is 18.6. The molecule has 0 bridgehead atoms. The van der Waals surface area contributed by atoms with Gasteiger partial charge >= 0.3 is 0 Å². The lowest BCUT2D eigenvalue weighted by molar-refractivity contribution is 0.0974. The number of nitrogens with one attached hydrogen (secondary N) is 2. The molecule has 0 saturated heterocycles. The Morgan fingerprint density at radius 3 is 2.41 bits per heavy atom. The van der Waals surface area contributed by atoms with Gasteiger partial charge in [0, 0.05) is 10.7 Å². The van der Waals surface area contributed by atoms with E-state index in [1.54, 1.807) is 4.80 Å². The predicted octanol–water partition coefficient (Wildman–Crippen LogP) is 5.73. The number of benzene rings is 3. The molecule has 4 rings (SSSR count). The van der Waals surface area contributed by atoms with Crippen LogP contribution >= 0.6 is 35.4 Å². The molecule has 0 aliphatic carbocycles. The quantitative estimate of drug-likeness (QED) is 0.331. The summed E-state index contributed by atoms with van der Waals surface area (Å²) in [7, 11) is 1.42. The minimum absolute atomic E-state index is 0.105. The average molecular weight is 514 g/mol. The molecule has 0 spiro atoms. The summed E-state index contributed by atoms with van der Waals surface area (Å²) in [5.41, 5.74) is 5.31. The summed E-state index contributed by atoms with van der Waals surface area (Å²) >= 11 is 17.5. The second-order valence-corrected chi connectivity index (χ2v) is 8.79. The molecule has 1 amide bonds. The Morgan fingerprint density at radius 2 is 1.76 bits per heavy atom. The lowest BCUT2D eigenvalue weighted by Gasteiger charge is -2.14. The number of ether oxygens (including phenoxy) is 1. The van der Waals surface area contributed by atoms with Crippen LogP contribution in [0.25, 0.3) is 16.7 Å². The number of carbonyl (C=O) groups is 1. The predicted molar refractivity (Wildman–Crippen MR) is 140 cm³/mol. The maximum Gasteiger partial charge on any atom is 0.261 e. The molecule has 10 heteroatoms. The lowest BCUT2D eigenvalue weighted by atomic mass is 10.1. The Kier molecular flexibility index (Phi) is 7.02. The molecule has 3 aromatic carbocycles. The maximum absolute atomic E-state index is 12.8.